The van der Waals surface area contributed by atoms with Crippen LogP contribution in [0.3, 0.4) is 0 Å². The Morgan fingerprint density at radius 2 is 2.05 bits per heavy atom. The van der Waals surface area contributed by atoms with Crippen molar-refractivity contribution in [2.75, 3.05) is 25.5 Å². The van der Waals surface area contributed by atoms with Gasteiger partial charge in [0.15, 0.2) is 6.10 Å². The van der Waals surface area contributed by atoms with E-state index in [1.165, 1.54) is 19.1 Å². The first-order chi connectivity index (χ1) is 10.3. The summed E-state index contributed by atoms with van der Waals surface area (Å²) in [6.07, 6.45) is -0.972. The molecule has 1 aromatic rings. The van der Waals surface area contributed by atoms with Crippen LogP contribution in [0.4, 0.5) is 11.4 Å². The third-order valence-corrected chi connectivity index (χ3v) is 2.89. The Morgan fingerprint density at radius 1 is 1.41 bits per heavy atom. The minimum absolute atomic E-state index is 0.0217. The average Bonchev–Trinajstić information content (AvgIpc) is 2.46. The predicted molar refractivity (Wildman–Crippen MR) is 81.0 cm³/mol. The highest BCUT2D eigenvalue weighted by Gasteiger charge is 2.22. The quantitative estimate of drug-likeness (QED) is 0.483. The number of ether oxygens (including phenoxy) is 1. The molecule has 8 nitrogen and oxygen atoms in total. The van der Waals surface area contributed by atoms with Gasteiger partial charge in [0, 0.05) is 26.7 Å². The van der Waals surface area contributed by atoms with E-state index in [1.54, 1.807) is 25.9 Å². The fourth-order valence-corrected chi connectivity index (χ4v) is 1.77. The summed E-state index contributed by atoms with van der Waals surface area (Å²) in [6.45, 7) is 3.60. The summed E-state index contributed by atoms with van der Waals surface area (Å²) in [7, 11) is 3.33. The minimum Gasteiger partial charge on any atom is -0.449 e. The van der Waals surface area contributed by atoms with Crippen molar-refractivity contribution in [1.82, 2.24) is 5.32 Å². The van der Waals surface area contributed by atoms with Crippen molar-refractivity contribution in [3.8, 4) is 0 Å². The first kappa shape index (κ1) is 17.4. The molecule has 1 amide bonds. The summed E-state index contributed by atoms with van der Waals surface area (Å²) in [5, 5.41) is 13.6. The van der Waals surface area contributed by atoms with Crippen molar-refractivity contribution in [1.29, 1.82) is 0 Å². The van der Waals surface area contributed by atoms with E-state index in [9.17, 15) is 19.7 Å². The molecule has 22 heavy (non-hydrogen) atoms. The highest BCUT2D eigenvalue weighted by atomic mass is 16.6. The molecule has 0 unspecified atom stereocenters. The molecule has 0 radical (unpaired) electrons. The molecule has 0 spiro atoms. The fourth-order valence-electron chi connectivity index (χ4n) is 1.77. The second-order valence-electron chi connectivity index (χ2n) is 4.80. The van der Waals surface area contributed by atoms with Crippen molar-refractivity contribution >= 4 is 23.3 Å². The van der Waals surface area contributed by atoms with Gasteiger partial charge in [0.1, 0.15) is 5.69 Å². The van der Waals surface area contributed by atoms with Crippen LogP contribution < -0.4 is 10.2 Å². The van der Waals surface area contributed by atoms with Crippen molar-refractivity contribution in [3.63, 3.8) is 0 Å². The maximum Gasteiger partial charge on any atom is 0.339 e. The van der Waals surface area contributed by atoms with Crippen molar-refractivity contribution < 1.29 is 19.2 Å². The van der Waals surface area contributed by atoms with E-state index in [2.05, 4.69) is 5.32 Å². The summed E-state index contributed by atoms with van der Waals surface area (Å²) in [6, 6.07) is 4.03. The summed E-state index contributed by atoms with van der Waals surface area (Å²) in [5.74, 6) is -1.21. The molecule has 8 heteroatoms. The Labute approximate surface area is 128 Å². The predicted octanol–water partition coefficient (Wildman–Crippen LogP) is 1.34. The number of nitrogens with one attached hydrogen (secondary N) is 1. The Hall–Kier alpha value is -2.64. The Bertz CT molecular complexity index is 586. The summed E-state index contributed by atoms with van der Waals surface area (Å²) in [4.78, 5) is 35.6. The van der Waals surface area contributed by atoms with Gasteiger partial charge >= 0.3 is 5.97 Å². The number of anilines is 1. The van der Waals surface area contributed by atoms with E-state index in [1.807, 2.05) is 0 Å². The van der Waals surface area contributed by atoms with Crippen LogP contribution in [-0.4, -0.2) is 43.5 Å². The number of hydrogen-bond donors (Lipinski definition) is 1. The zero-order valence-electron chi connectivity index (χ0n) is 13.0. The molecule has 0 saturated carbocycles. The van der Waals surface area contributed by atoms with Crippen molar-refractivity contribution in [3.05, 3.63) is 33.9 Å². The number of likely N-dealkylation sites (N-methyl/N-ethyl adjacent to an activating group) is 1. The number of carbonyl (C=O) groups is 2. The largest absolute Gasteiger partial charge is 0.449 e. The van der Waals surface area contributed by atoms with Crippen LogP contribution in [0.25, 0.3) is 0 Å². The molecular formula is C14H19N3O5. The lowest BCUT2D eigenvalue weighted by molar-refractivity contribution is -0.384. The maximum absolute atomic E-state index is 12.0. The average molecular weight is 309 g/mol. The molecule has 0 fully saturated rings. The number of nitrogens with zero attached hydrogens (tertiary/aromatic N) is 2. The molecule has 0 heterocycles. The van der Waals surface area contributed by atoms with Crippen LogP contribution in [0.1, 0.15) is 24.2 Å². The normalized spacial score (nSPS) is 11.5. The molecule has 0 saturated heterocycles. The van der Waals surface area contributed by atoms with Crippen LogP contribution in [-0.2, 0) is 9.53 Å². The fraction of sp³-hybridized carbons (Fsp3) is 0.429. The maximum atomic E-state index is 12.0. The Kier molecular flexibility index (Phi) is 5.85. The van der Waals surface area contributed by atoms with Crippen molar-refractivity contribution in [2.45, 2.75) is 20.0 Å². The van der Waals surface area contributed by atoms with Gasteiger partial charge in [-0.3, -0.25) is 14.9 Å². The highest BCUT2D eigenvalue weighted by molar-refractivity contribution is 5.93. The summed E-state index contributed by atoms with van der Waals surface area (Å²) >= 11 is 0. The van der Waals surface area contributed by atoms with Crippen LogP contribution in [0, 0.1) is 10.1 Å². The zero-order valence-corrected chi connectivity index (χ0v) is 13.0. The number of rotatable bonds is 6. The molecule has 1 N–H and O–H groups in total. The van der Waals surface area contributed by atoms with Gasteiger partial charge in [-0.2, -0.15) is 0 Å². The number of amides is 1. The zero-order chi connectivity index (χ0) is 16.9. The van der Waals surface area contributed by atoms with Crippen LogP contribution in [0.2, 0.25) is 0 Å². The van der Waals surface area contributed by atoms with Gasteiger partial charge in [0.05, 0.1) is 10.5 Å². The SMILES string of the molecule is CCNC(=O)[C@H](C)OC(=O)c1ccc(N(C)C)c([N+](=O)[O-])c1. The molecular weight excluding hydrogens is 290 g/mol. The Balaban J connectivity index is 2.97. The molecule has 0 aromatic heterocycles. The lowest BCUT2D eigenvalue weighted by Crippen LogP contribution is -2.35. The van der Waals surface area contributed by atoms with Crippen LogP contribution in [0.15, 0.2) is 18.2 Å². The molecule has 120 valence electrons. The number of nitro groups is 1. The molecule has 0 aliphatic heterocycles. The lowest BCUT2D eigenvalue weighted by atomic mass is 10.1. The van der Waals surface area contributed by atoms with E-state index in [0.29, 0.717) is 12.2 Å². The number of benzene rings is 1. The molecule has 1 atom stereocenters. The van der Waals surface area contributed by atoms with E-state index in [0.717, 1.165) is 6.07 Å². The number of nitro benzene ring substituents is 1. The van der Waals surface area contributed by atoms with E-state index in [-0.39, 0.29) is 11.3 Å². The van der Waals surface area contributed by atoms with E-state index >= 15 is 0 Å². The van der Waals surface area contributed by atoms with Gasteiger partial charge in [-0.15, -0.1) is 0 Å². The van der Waals surface area contributed by atoms with Gasteiger partial charge in [-0.25, -0.2) is 4.79 Å². The number of carbonyl (C=O) groups excluding carboxylic acids is 2. The van der Waals surface area contributed by atoms with Gasteiger partial charge in [-0.05, 0) is 26.0 Å². The molecule has 0 aliphatic carbocycles. The second-order valence-corrected chi connectivity index (χ2v) is 4.80. The molecule has 0 bridgehead atoms. The standard InChI is InChI=1S/C14H19N3O5/c1-5-15-13(18)9(2)22-14(19)10-6-7-11(16(3)4)12(8-10)17(20)21/h6-9H,5H2,1-4H3,(H,15,18)/t9-/m0/s1. The second kappa shape index (κ2) is 7.39. The highest BCUT2D eigenvalue weighted by Crippen LogP contribution is 2.28. The Morgan fingerprint density at radius 3 is 2.55 bits per heavy atom. The minimum atomic E-state index is -0.972. The smallest absolute Gasteiger partial charge is 0.339 e. The van der Waals surface area contributed by atoms with Gasteiger partial charge in [0.25, 0.3) is 11.6 Å². The summed E-state index contributed by atoms with van der Waals surface area (Å²) < 4.78 is 5.00. The van der Waals surface area contributed by atoms with E-state index in [4.69, 9.17) is 4.74 Å². The topological polar surface area (TPSA) is 102 Å². The third kappa shape index (κ3) is 4.18. The number of esters is 1. The molecule has 0 aliphatic rings. The number of hydrogen-bond acceptors (Lipinski definition) is 6. The van der Waals surface area contributed by atoms with Gasteiger partial charge in [0.2, 0.25) is 0 Å². The first-order valence-electron chi connectivity index (χ1n) is 6.72. The summed E-state index contributed by atoms with van der Waals surface area (Å²) in [5.41, 5.74) is 0.192. The van der Waals surface area contributed by atoms with Crippen LogP contribution >= 0.6 is 0 Å². The van der Waals surface area contributed by atoms with Gasteiger partial charge in [-0.1, -0.05) is 0 Å². The third-order valence-electron chi connectivity index (χ3n) is 2.89. The molecule has 1 aromatic carbocycles. The lowest BCUT2D eigenvalue weighted by Gasteiger charge is -2.15. The van der Waals surface area contributed by atoms with E-state index < -0.39 is 22.9 Å². The van der Waals surface area contributed by atoms with Crippen LogP contribution in [0.5, 0.6) is 0 Å². The monoisotopic (exact) mass is 309 g/mol. The first-order valence-corrected chi connectivity index (χ1v) is 6.72. The van der Waals surface area contributed by atoms with Crippen molar-refractivity contribution in [2.24, 2.45) is 0 Å². The van der Waals surface area contributed by atoms with Gasteiger partial charge < -0.3 is 15.0 Å². The molecule has 1 rings (SSSR count).